The number of halogens is 1. The number of hydrogen-bond acceptors (Lipinski definition) is 2. The third kappa shape index (κ3) is 2.25. The molecule has 0 unspecified atom stereocenters. The molecule has 1 aromatic rings. The fourth-order valence-electron chi connectivity index (χ4n) is 1.82. The Morgan fingerprint density at radius 3 is 2.50 bits per heavy atom. The molecule has 4 heteroatoms. The molecule has 0 saturated carbocycles. The Balaban J connectivity index is 2.15. The van der Waals surface area contributed by atoms with E-state index in [1.54, 1.807) is 23.1 Å². The number of Topliss-reactive ketones (excluding diaryl/α,β-unsaturated/α-hetero) is 1. The minimum absolute atomic E-state index is 0.365. The molecular weight excluding hydrogens is 226 g/mol. The number of ketones is 1. The van der Waals surface area contributed by atoms with Crippen molar-refractivity contribution < 1.29 is 9.59 Å². The van der Waals surface area contributed by atoms with Gasteiger partial charge in [-0.05, 0) is 25.0 Å². The Hall–Kier alpha value is -1.35. The summed E-state index contributed by atoms with van der Waals surface area (Å²) in [6.07, 6.45) is 1.96. The molecule has 0 aliphatic carbocycles. The maximum atomic E-state index is 11.8. The van der Waals surface area contributed by atoms with Crippen molar-refractivity contribution in [1.29, 1.82) is 0 Å². The van der Waals surface area contributed by atoms with Crippen LogP contribution in [0.15, 0.2) is 24.3 Å². The standard InChI is InChI=1S/C12H12ClNO2/c13-10-5-3-4-9(8-10)11(15)12(16)14-6-1-2-7-14/h3-5,8H,1-2,6-7H2. The predicted octanol–water partition coefficient (Wildman–Crippen LogP) is 2.15. The number of carbonyl (C=O) groups excluding carboxylic acids is 2. The first kappa shape index (κ1) is 11.1. The SMILES string of the molecule is O=C(C(=O)N1CCCC1)c1cccc(Cl)c1. The molecule has 1 aromatic carbocycles. The molecule has 1 saturated heterocycles. The van der Waals surface area contributed by atoms with Gasteiger partial charge in [0.25, 0.3) is 5.91 Å². The van der Waals surface area contributed by atoms with E-state index in [0.29, 0.717) is 23.7 Å². The van der Waals surface area contributed by atoms with Crippen LogP contribution in [0, 0.1) is 0 Å². The van der Waals surface area contributed by atoms with E-state index in [0.717, 1.165) is 12.8 Å². The van der Waals surface area contributed by atoms with Crippen molar-refractivity contribution in [3.05, 3.63) is 34.9 Å². The Morgan fingerprint density at radius 2 is 1.88 bits per heavy atom. The highest BCUT2D eigenvalue weighted by molar-refractivity contribution is 6.43. The van der Waals surface area contributed by atoms with E-state index in [-0.39, 0.29) is 0 Å². The molecule has 0 aromatic heterocycles. The largest absolute Gasteiger partial charge is 0.336 e. The number of nitrogens with zero attached hydrogens (tertiary/aromatic N) is 1. The van der Waals surface area contributed by atoms with Crippen molar-refractivity contribution in [2.45, 2.75) is 12.8 Å². The molecule has 0 radical (unpaired) electrons. The second-order valence-corrected chi connectivity index (χ2v) is 4.28. The van der Waals surface area contributed by atoms with Crippen LogP contribution < -0.4 is 0 Å². The predicted molar refractivity (Wildman–Crippen MR) is 61.6 cm³/mol. The summed E-state index contributed by atoms with van der Waals surface area (Å²) in [4.78, 5) is 25.2. The minimum Gasteiger partial charge on any atom is -0.336 e. The van der Waals surface area contributed by atoms with Crippen LogP contribution in [0.1, 0.15) is 23.2 Å². The third-order valence-electron chi connectivity index (χ3n) is 2.67. The number of carbonyl (C=O) groups is 2. The normalized spacial score (nSPS) is 15.2. The lowest BCUT2D eigenvalue weighted by Crippen LogP contribution is -2.34. The van der Waals surface area contributed by atoms with Crippen molar-refractivity contribution in [1.82, 2.24) is 4.90 Å². The van der Waals surface area contributed by atoms with Gasteiger partial charge in [0.1, 0.15) is 0 Å². The Kier molecular flexibility index (Phi) is 3.25. The number of benzene rings is 1. The van der Waals surface area contributed by atoms with Gasteiger partial charge in [-0.1, -0.05) is 23.7 Å². The number of likely N-dealkylation sites (tertiary alicyclic amines) is 1. The molecule has 1 fully saturated rings. The van der Waals surface area contributed by atoms with Crippen LogP contribution in [0.2, 0.25) is 5.02 Å². The lowest BCUT2D eigenvalue weighted by atomic mass is 10.1. The number of amides is 1. The Morgan fingerprint density at radius 1 is 1.19 bits per heavy atom. The molecule has 1 amide bonds. The molecule has 3 nitrogen and oxygen atoms in total. The van der Waals surface area contributed by atoms with Crippen molar-refractivity contribution >= 4 is 23.3 Å². The molecular formula is C12H12ClNO2. The van der Waals surface area contributed by atoms with Crippen LogP contribution >= 0.6 is 11.6 Å². The van der Waals surface area contributed by atoms with Gasteiger partial charge in [-0.3, -0.25) is 9.59 Å². The molecule has 1 aliphatic rings. The first-order valence-corrected chi connectivity index (χ1v) is 5.65. The van der Waals surface area contributed by atoms with Crippen LogP contribution in [-0.4, -0.2) is 29.7 Å². The van der Waals surface area contributed by atoms with Crippen LogP contribution in [0.4, 0.5) is 0 Å². The molecule has 16 heavy (non-hydrogen) atoms. The number of hydrogen-bond donors (Lipinski definition) is 0. The van der Waals surface area contributed by atoms with E-state index >= 15 is 0 Å². The van der Waals surface area contributed by atoms with E-state index in [4.69, 9.17) is 11.6 Å². The summed E-state index contributed by atoms with van der Waals surface area (Å²) in [6.45, 7) is 1.37. The summed E-state index contributed by atoms with van der Waals surface area (Å²) in [5, 5.41) is 0.472. The van der Waals surface area contributed by atoms with Gasteiger partial charge in [0.05, 0.1) is 0 Å². The molecule has 1 heterocycles. The molecule has 0 spiro atoms. The van der Waals surface area contributed by atoms with Crippen LogP contribution in [0.3, 0.4) is 0 Å². The van der Waals surface area contributed by atoms with Crippen molar-refractivity contribution in [3.8, 4) is 0 Å². The first-order valence-electron chi connectivity index (χ1n) is 5.27. The van der Waals surface area contributed by atoms with E-state index in [1.807, 2.05) is 0 Å². The highest BCUT2D eigenvalue weighted by Crippen LogP contribution is 2.14. The highest BCUT2D eigenvalue weighted by atomic mass is 35.5. The van der Waals surface area contributed by atoms with E-state index < -0.39 is 11.7 Å². The van der Waals surface area contributed by atoms with Crippen LogP contribution in [-0.2, 0) is 4.79 Å². The second kappa shape index (κ2) is 4.66. The molecule has 0 bridgehead atoms. The summed E-state index contributed by atoms with van der Waals surface area (Å²) >= 11 is 5.78. The fraction of sp³-hybridized carbons (Fsp3) is 0.333. The van der Waals surface area contributed by atoms with Crippen LogP contribution in [0.5, 0.6) is 0 Å². The Labute approximate surface area is 99.0 Å². The van der Waals surface area contributed by atoms with Crippen LogP contribution in [0.25, 0.3) is 0 Å². The monoisotopic (exact) mass is 237 g/mol. The average molecular weight is 238 g/mol. The molecule has 84 valence electrons. The minimum atomic E-state index is -0.468. The van der Waals surface area contributed by atoms with Crippen molar-refractivity contribution in [2.75, 3.05) is 13.1 Å². The van der Waals surface area contributed by atoms with Gasteiger partial charge < -0.3 is 4.90 Å². The van der Waals surface area contributed by atoms with Gasteiger partial charge in [0.2, 0.25) is 5.78 Å². The van der Waals surface area contributed by atoms with Gasteiger partial charge >= 0.3 is 0 Å². The number of rotatable bonds is 2. The van der Waals surface area contributed by atoms with Gasteiger partial charge in [0.15, 0.2) is 0 Å². The zero-order valence-electron chi connectivity index (χ0n) is 8.78. The van der Waals surface area contributed by atoms with E-state index in [1.165, 1.54) is 6.07 Å². The summed E-state index contributed by atoms with van der Waals surface area (Å²) < 4.78 is 0. The Bertz CT molecular complexity index is 425. The molecule has 0 N–H and O–H groups in total. The quantitative estimate of drug-likeness (QED) is 0.584. The molecule has 1 aliphatic heterocycles. The van der Waals surface area contributed by atoms with E-state index in [9.17, 15) is 9.59 Å². The van der Waals surface area contributed by atoms with Crippen molar-refractivity contribution in [2.24, 2.45) is 0 Å². The summed E-state index contributed by atoms with van der Waals surface area (Å²) in [5.41, 5.74) is 0.365. The second-order valence-electron chi connectivity index (χ2n) is 3.84. The maximum absolute atomic E-state index is 11.8. The van der Waals surface area contributed by atoms with Gasteiger partial charge in [-0.25, -0.2) is 0 Å². The van der Waals surface area contributed by atoms with Gasteiger partial charge in [-0.15, -0.1) is 0 Å². The topological polar surface area (TPSA) is 37.4 Å². The maximum Gasteiger partial charge on any atom is 0.294 e. The van der Waals surface area contributed by atoms with Gasteiger partial charge in [-0.2, -0.15) is 0 Å². The molecule has 2 rings (SSSR count). The molecule has 0 atom stereocenters. The lowest BCUT2D eigenvalue weighted by molar-refractivity contribution is -0.125. The average Bonchev–Trinajstić information content (AvgIpc) is 2.80. The summed E-state index contributed by atoms with van der Waals surface area (Å²) in [5.74, 6) is -0.885. The summed E-state index contributed by atoms with van der Waals surface area (Å²) in [6, 6.07) is 6.49. The zero-order valence-corrected chi connectivity index (χ0v) is 9.54. The third-order valence-corrected chi connectivity index (χ3v) is 2.91. The zero-order chi connectivity index (χ0) is 11.5. The summed E-state index contributed by atoms with van der Waals surface area (Å²) in [7, 11) is 0. The fourth-order valence-corrected chi connectivity index (χ4v) is 2.01. The van der Waals surface area contributed by atoms with Crippen molar-refractivity contribution in [3.63, 3.8) is 0 Å². The van der Waals surface area contributed by atoms with E-state index in [2.05, 4.69) is 0 Å². The smallest absolute Gasteiger partial charge is 0.294 e. The van der Waals surface area contributed by atoms with Gasteiger partial charge in [0, 0.05) is 23.7 Å². The highest BCUT2D eigenvalue weighted by Gasteiger charge is 2.25. The first-order chi connectivity index (χ1) is 7.68. The lowest BCUT2D eigenvalue weighted by Gasteiger charge is -2.13.